The van der Waals surface area contributed by atoms with Crippen molar-refractivity contribution in [3.8, 4) is 5.75 Å². The number of nitrogens with one attached hydrogen (secondary N) is 1. The van der Waals surface area contributed by atoms with Gasteiger partial charge in [-0.1, -0.05) is 17.7 Å². The van der Waals surface area contributed by atoms with Gasteiger partial charge in [0.25, 0.3) is 5.91 Å². The lowest BCUT2D eigenvalue weighted by molar-refractivity contribution is 0.102. The summed E-state index contributed by atoms with van der Waals surface area (Å²) < 4.78 is 0. The van der Waals surface area contributed by atoms with Gasteiger partial charge in [0.1, 0.15) is 5.75 Å². The number of amides is 1. The second kappa shape index (κ2) is 5.10. The molecule has 1 amide bonds. The van der Waals surface area contributed by atoms with E-state index >= 15 is 0 Å². The van der Waals surface area contributed by atoms with Crippen molar-refractivity contribution in [2.24, 2.45) is 0 Å². The quantitative estimate of drug-likeness (QED) is 0.812. The minimum atomic E-state index is -0.222. The molecule has 0 bridgehead atoms. The molecule has 18 heavy (non-hydrogen) atoms. The summed E-state index contributed by atoms with van der Waals surface area (Å²) in [5.41, 5.74) is 2.02. The summed E-state index contributed by atoms with van der Waals surface area (Å²) in [6.07, 6.45) is 0. The summed E-state index contributed by atoms with van der Waals surface area (Å²) in [7, 11) is 0. The van der Waals surface area contributed by atoms with Gasteiger partial charge in [-0.25, -0.2) is 0 Å². The van der Waals surface area contributed by atoms with Gasteiger partial charge < -0.3 is 10.4 Å². The Morgan fingerprint density at radius 3 is 2.50 bits per heavy atom. The van der Waals surface area contributed by atoms with Crippen LogP contribution >= 0.6 is 11.6 Å². The minimum Gasteiger partial charge on any atom is -0.508 e. The standard InChI is InChI=1S/C14H12ClNO2/c1-9-2-3-10(15)8-13(9)14(18)16-11-4-6-12(17)7-5-11/h2-8,17H,1H3,(H,16,18). The number of benzene rings is 2. The number of phenolic OH excluding ortho intramolecular Hbond substituents is 1. The molecule has 2 N–H and O–H groups in total. The molecule has 0 radical (unpaired) electrons. The zero-order valence-corrected chi connectivity index (χ0v) is 10.5. The van der Waals surface area contributed by atoms with E-state index in [-0.39, 0.29) is 11.7 Å². The van der Waals surface area contributed by atoms with Crippen molar-refractivity contribution < 1.29 is 9.90 Å². The smallest absolute Gasteiger partial charge is 0.255 e. The lowest BCUT2D eigenvalue weighted by atomic mass is 10.1. The Hall–Kier alpha value is -2.00. The molecule has 0 fully saturated rings. The van der Waals surface area contributed by atoms with Gasteiger partial charge in [0.15, 0.2) is 0 Å². The lowest BCUT2D eigenvalue weighted by Gasteiger charge is -2.08. The lowest BCUT2D eigenvalue weighted by Crippen LogP contribution is -2.13. The van der Waals surface area contributed by atoms with Gasteiger partial charge in [-0.15, -0.1) is 0 Å². The largest absolute Gasteiger partial charge is 0.508 e. The Balaban J connectivity index is 2.21. The summed E-state index contributed by atoms with van der Waals surface area (Å²) in [6.45, 7) is 1.85. The van der Waals surface area contributed by atoms with Crippen LogP contribution in [0.5, 0.6) is 5.75 Å². The van der Waals surface area contributed by atoms with Crippen LogP contribution in [0.2, 0.25) is 5.02 Å². The van der Waals surface area contributed by atoms with Gasteiger partial charge in [0.2, 0.25) is 0 Å². The average molecular weight is 262 g/mol. The molecule has 0 heterocycles. The number of phenols is 1. The van der Waals surface area contributed by atoms with E-state index in [0.29, 0.717) is 16.3 Å². The monoisotopic (exact) mass is 261 g/mol. The molecule has 0 unspecified atom stereocenters. The molecule has 92 valence electrons. The molecular formula is C14H12ClNO2. The van der Waals surface area contributed by atoms with E-state index in [0.717, 1.165) is 5.56 Å². The first kappa shape index (κ1) is 12.5. The van der Waals surface area contributed by atoms with Gasteiger partial charge in [0.05, 0.1) is 0 Å². The molecule has 0 aliphatic carbocycles. The Kier molecular flexibility index (Phi) is 3.53. The molecule has 2 aromatic rings. The van der Waals surface area contributed by atoms with Crippen molar-refractivity contribution in [1.29, 1.82) is 0 Å². The first-order valence-corrected chi connectivity index (χ1v) is 5.80. The highest BCUT2D eigenvalue weighted by Crippen LogP contribution is 2.18. The second-order valence-corrected chi connectivity index (χ2v) is 4.40. The average Bonchev–Trinajstić information content (AvgIpc) is 2.35. The highest BCUT2D eigenvalue weighted by molar-refractivity contribution is 6.31. The molecule has 0 aromatic heterocycles. The molecule has 2 aromatic carbocycles. The van der Waals surface area contributed by atoms with Crippen molar-refractivity contribution in [2.75, 3.05) is 5.32 Å². The van der Waals surface area contributed by atoms with Gasteiger partial charge in [-0.05, 0) is 48.9 Å². The van der Waals surface area contributed by atoms with Crippen LogP contribution in [0.25, 0.3) is 0 Å². The molecule has 0 aliphatic rings. The van der Waals surface area contributed by atoms with E-state index in [9.17, 15) is 4.79 Å². The summed E-state index contributed by atoms with van der Waals surface area (Å²) in [5.74, 6) is -0.0624. The second-order valence-electron chi connectivity index (χ2n) is 3.96. The summed E-state index contributed by atoms with van der Waals surface area (Å²) in [6, 6.07) is 11.5. The van der Waals surface area contributed by atoms with Crippen LogP contribution in [0.15, 0.2) is 42.5 Å². The summed E-state index contributed by atoms with van der Waals surface area (Å²) >= 11 is 5.87. The van der Waals surface area contributed by atoms with E-state index in [1.807, 2.05) is 6.92 Å². The highest BCUT2D eigenvalue weighted by atomic mass is 35.5. The molecule has 0 spiro atoms. The molecule has 3 nitrogen and oxygen atoms in total. The molecule has 0 atom stereocenters. The minimum absolute atomic E-state index is 0.159. The maximum absolute atomic E-state index is 12.0. The van der Waals surface area contributed by atoms with E-state index in [2.05, 4.69) is 5.32 Å². The molecule has 4 heteroatoms. The van der Waals surface area contributed by atoms with E-state index in [4.69, 9.17) is 16.7 Å². The van der Waals surface area contributed by atoms with Crippen LogP contribution in [0.1, 0.15) is 15.9 Å². The number of hydrogen-bond acceptors (Lipinski definition) is 2. The SMILES string of the molecule is Cc1ccc(Cl)cc1C(=O)Nc1ccc(O)cc1. The van der Waals surface area contributed by atoms with Crippen molar-refractivity contribution >= 4 is 23.2 Å². The van der Waals surface area contributed by atoms with Crippen LogP contribution in [-0.4, -0.2) is 11.0 Å². The number of carbonyl (C=O) groups is 1. The maximum Gasteiger partial charge on any atom is 0.255 e. The molecule has 0 aliphatic heterocycles. The fourth-order valence-corrected chi connectivity index (χ4v) is 1.75. The highest BCUT2D eigenvalue weighted by Gasteiger charge is 2.09. The number of anilines is 1. The predicted octanol–water partition coefficient (Wildman–Crippen LogP) is 3.61. The van der Waals surface area contributed by atoms with E-state index in [1.54, 1.807) is 30.3 Å². The first-order valence-electron chi connectivity index (χ1n) is 5.43. The number of carbonyl (C=O) groups excluding carboxylic acids is 1. The predicted molar refractivity (Wildman–Crippen MR) is 72.2 cm³/mol. The van der Waals surface area contributed by atoms with Crippen LogP contribution in [0.3, 0.4) is 0 Å². The van der Waals surface area contributed by atoms with Gasteiger partial charge in [-0.2, -0.15) is 0 Å². The zero-order chi connectivity index (χ0) is 13.1. The third kappa shape index (κ3) is 2.81. The van der Waals surface area contributed by atoms with Crippen LogP contribution in [-0.2, 0) is 0 Å². The number of hydrogen-bond donors (Lipinski definition) is 2. The first-order chi connectivity index (χ1) is 8.56. The third-order valence-corrected chi connectivity index (χ3v) is 2.80. The van der Waals surface area contributed by atoms with Crippen molar-refractivity contribution in [1.82, 2.24) is 0 Å². The molecule has 0 saturated heterocycles. The van der Waals surface area contributed by atoms with Crippen LogP contribution in [0, 0.1) is 6.92 Å². The Morgan fingerprint density at radius 1 is 1.17 bits per heavy atom. The maximum atomic E-state index is 12.0. The molecule has 2 rings (SSSR count). The van der Waals surface area contributed by atoms with Gasteiger partial charge in [-0.3, -0.25) is 4.79 Å². The van der Waals surface area contributed by atoms with E-state index in [1.165, 1.54) is 12.1 Å². The fraction of sp³-hybridized carbons (Fsp3) is 0.0714. The van der Waals surface area contributed by atoms with Gasteiger partial charge >= 0.3 is 0 Å². The number of rotatable bonds is 2. The van der Waals surface area contributed by atoms with Gasteiger partial charge in [0, 0.05) is 16.3 Å². The number of aromatic hydroxyl groups is 1. The normalized spacial score (nSPS) is 10.1. The molecular weight excluding hydrogens is 250 g/mol. The fourth-order valence-electron chi connectivity index (χ4n) is 1.58. The van der Waals surface area contributed by atoms with Crippen molar-refractivity contribution in [3.05, 3.63) is 58.6 Å². The van der Waals surface area contributed by atoms with Crippen LogP contribution in [0.4, 0.5) is 5.69 Å². The summed E-state index contributed by atoms with van der Waals surface area (Å²) in [4.78, 5) is 12.0. The summed E-state index contributed by atoms with van der Waals surface area (Å²) in [5, 5.41) is 12.4. The Bertz CT molecular complexity index is 579. The van der Waals surface area contributed by atoms with Crippen LogP contribution < -0.4 is 5.32 Å². The van der Waals surface area contributed by atoms with Crippen molar-refractivity contribution in [3.63, 3.8) is 0 Å². The zero-order valence-electron chi connectivity index (χ0n) is 9.77. The Morgan fingerprint density at radius 2 is 1.83 bits per heavy atom. The van der Waals surface area contributed by atoms with E-state index < -0.39 is 0 Å². The number of halogens is 1. The Labute approximate surface area is 110 Å². The van der Waals surface area contributed by atoms with Crippen molar-refractivity contribution in [2.45, 2.75) is 6.92 Å². The molecule has 0 saturated carbocycles. The number of aryl methyl sites for hydroxylation is 1. The topological polar surface area (TPSA) is 49.3 Å². The third-order valence-electron chi connectivity index (χ3n) is 2.57.